The van der Waals surface area contributed by atoms with Crippen LogP contribution in [0.25, 0.3) is 0 Å². The van der Waals surface area contributed by atoms with Gasteiger partial charge in [0.2, 0.25) is 5.91 Å². The molecule has 0 spiro atoms. The van der Waals surface area contributed by atoms with Crippen LogP contribution in [0.3, 0.4) is 0 Å². The molecular formula is C18H22FN3O3. The van der Waals surface area contributed by atoms with E-state index in [1.54, 1.807) is 39.8 Å². The SMILES string of the molecule is Cc1ccc(C(=O)NCCNC(=O)[C@H](C)c2c(C)noc2C)cc1F. The Kier molecular flexibility index (Phi) is 5.90. The number of rotatable bonds is 6. The van der Waals surface area contributed by atoms with E-state index in [1.165, 1.54) is 6.07 Å². The molecule has 0 aliphatic carbocycles. The number of carbonyl (C=O) groups is 2. The third kappa shape index (κ3) is 4.43. The third-order valence-electron chi connectivity index (χ3n) is 4.06. The van der Waals surface area contributed by atoms with E-state index >= 15 is 0 Å². The summed E-state index contributed by atoms with van der Waals surface area (Å²) in [5.74, 6) is -0.755. The van der Waals surface area contributed by atoms with Crippen LogP contribution in [0.15, 0.2) is 22.7 Å². The van der Waals surface area contributed by atoms with Gasteiger partial charge in [-0.3, -0.25) is 9.59 Å². The van der Waals surface area contributed by atoms with Gasteiger partial charge in [-0.05, 0) is 45.4 Å². The van der Waals surface area contributed by atoms with Crippen molar-refractivity contribution in [2.45, 2.75) is 33.6 Å². The van der Waals surface area contributed by atoms with Crippen LogP contribution in [0.4, 0.5) is 4.39 Å². The van der Waals surface area contributed by atoms with Gasteiger partial charge in [0.25, 0.3) is 5.91 Å². The minimum Gasteiger partial charge on any atom is -0.361 e. The standard InChI is InChI=1S/C18H22FN3O3/c1-10-5-6-14(9-15(10)19)18(24)21-8-7-20-17(23)11(2)16-12(3)22-25-13(16)4/h5-6,9,11H,7-8H2,1-4H3,(H,20,23)(H,21,24)/t11-/m1/s1. The summed E-state index contributed by atoms with van der Waals surface area (Å²) in [6.45, 7) is 7.47. The number of hydrogen-bond donors (Lipinski definition) is 2. The van der Waals surface area contributed by atoms with Gasteiger partial charge in [0.15, 0.2) is 0 Å². The predicted octanol–water partition coefficient (Wildman–Crippen LogP) is 2.39. The molecule has 2 amide bonds. The molecule has 134 valence electrons. The largest absolute Gasteiger partial charge is 0.361 e. The van der Waals surface area contributed by atoms with Crippen LogP contribution >= 0.6 is 0 Å². The molecule has 25 heavy (non-hydrogen) atoms. The number of halogens is 1. The highest BCUT2D eigenvalue weighted by Gasteiger charge is 2.22. The highest BCUT2D eigenvalue weighted by atomic mass is 19.1. The van der Waals surface area contributed by atoms with E-state index in [0.29, 0.717) is 17.0 Å². The fourth-order valence-corrected chi connectivity index (χ4v) is 2.59. The lowest BCUT2D eigenvalue weighted by molar-refractivity contribution is -0.122. The van der Waals surface area contributed by atoms with E-state index in [-0.39, 0.29) is 30.5 Å². The summed E-state index contributed by atoms with van der Waals surface area (Å²) < 4.78 is 18.5. The van der Waals surface area contributed by atoms with Gasteiger partial charge in [-0.1, -0.05) is 11.2 Å². The van der Waals surface area contributed by atoms with Crippen LogP contribution in [0.2, 0.25) is 0 Å². The van der Waals surface area contributed by atoms with Gasteiger partial charge in [-0.15, -0.1) is 0 Å². The Morgan fingerprint density at radius 2 is 1.88 bits per heavy atom. The summed E-state index contributed by atoms with van der Waals surface area (Å²) in [7, 11) is 0. The quantitative estimate of drug-likeness (QED) is 0.786. The first-order valence-corrected chi connectivity index (χ1v) is 8.06. The monoisotopic (exact) mass is 347 g/mol. The molecule has 0 bridgehead atoms. The number of nitrogens with one attached hydrogen (secondary N) is 2. The fourth-order valence-electron chi connectivity index (χ4n) is 2.59. The van der Waals surface area contributed by atoms with Gasteiger partial charge in [-0.25, -0.2) is 4.39 Å². The molecule has 2 rings (SSSR count). The van der Waals surface area contributed by atoms with Crippen molar-refractivity contribution in [2.75, 3.05) is 13.1 Å². The lowest BCUT2D eigenvalue weighted by Gasteiger charge is -2.12. The molecule has 0 aliphatic heterocycles. The Morgan fingerprint density at radius 3 is 2.48 bits per heavy atom. The molecule has 2 aromatic rings. The zero-order valence-electron chi connectivity index (χ0n) is 14.8. The topological polar surface area (TPSA) is 84.2 Å². The maximum atomic E-state index is 13.5. The number of benzene rings is 1. The molecule has 0 fully saturated rings. The summed E-state index contributed by atoms with van der Waals surface area (Å²) in [4.78, 5) is 24.2. The van der Waals surface area contributed by atoms with Crippen molar-refractivity contribution >= 4 is 11.8 Å². The smallest absolute Gasteiger partial charge is 0.251 e. The molecule has 7 heteroatoms. The van der Waals surface area contributed by atoms with Crippen molar-refractivity contribution < 1.29 is 18.5 Å². The number of carbonyl (C=O) groups excluding carboxylic acids is 2. The number of aromatic nitrogens is 1. The zero-order valence-corrected chi connectivity index (χ0v) is 14.8. The van der Waals surface area contributed by atoms with E-state index in [4.69, 9.17) is 4.52 Å². The van der Waals surface area contributed by atoms with Crippen LogP contribution in [-0.2, 0) is 4.79 Å². The third-order valence-corrected chi connectivity index (χ3v) is 4.06. The van der Waals surface area contributed by atoms with Crippen molar-refractivity contribution in [3.63, 3.8) is 0 Å². The number of hydrogen-bond acceptors (Lipinski definition) is 4. The van der Waals surface area contributed by atoms with Gasteiger partial charge >= 0.3 is 0 Å². The second-order valence-electron chi connectivity index (χ2n) is 5.97. The highest BCUT2D eigenvalue weighted by Crippen LogP contribution is 2.22. The molecule has 1 aromatic carbocycles. The van der Waals surface area contributed by atoms with Gasteiger partial charge in [-0.2, -0.15) is 0 Å². The molecule has 0 saturated heterocycles. The first-order valence-electron chi connectivity index (χ1n) is 8.06. The lowest BCUT2D eigenvalue weighted by Crippen LogP contribution is -2.36. The summed E-state index contributed by atoms with van der Waals surface area (Å²) in [6.07, 6.45) is 0. The zero-order chi connectivity index (χ0) is 18.6. The second kappa shape index (κ2) is 7.92. The van der Waals surface area contributed by atoms with Crippen molar-refractivity contribution in [3.05, 3.63) is 52.2 Å². The number of amides is 2. The molecule has 2 N–H and O–H groups in total. The summed E-state index contributed by atoms with van der Waals surface area (Å²) in [6, 6.07) is 4.31. The van der Waals surface area contributed by atoms with Gasteiger partial charge in [0.1, 0.15) is 11.6 Å². The number of nitrogens with zero attached hydrogens (tertiary/aromatic N) is 1. The first-order chi connectivity index (χ1) is 11.8. The van der Waals surface area contributed by atoms with Crippen LogP contribution in [0.5, 0.6) is 0 Å². The average Bonchev–Trinajstić information content (AvgIpc) is 2.91. The Balaban J connectivity index is 1.81. The summed E-state index contributed by atoms with van der Waals surface area (Å²) in [5, 5.41) is 9.25. The molecule has 0 unspecified atom stereocenters. The van der Waals surface area contributed by atoms with E-state index in [9.17, 15) is 14.0 Å². The van der Waals surface area contributed by atoms with E-state index < -0.39 is 11.7 Å². The first kappa shape index (κ1) is 18.6. The van der Waals surface area contributed by atoms with Crippen molar-refractivity contribution in [1.29, 1.82) is 0 Å². The maximum absolute atomic E-state index is 13.5. The van der Waals surface area contributed by atoms with Gasteiger partial charge in [0, 0.05) is 24.2 Å². The Bertz CT molecular complexity index is 766. The second-order valence-corrected chi connectivity index (χ2v) is 5.97. The van der Waals surface area contributed by atoms with Crippen molar-refractivity contribution in [3.8, 4) is 0 Å². The summed E-state index contributed by atoms with van der Waals surface area (Å²) in [5.41, 5.74) is 2.20. The predicted molar refractivity (Wildman–Crippen MR) is 90.9 cm³/mol. The van der Waals surface area contributed by atoms with Crippen LogP contribution in [0, 0.1) is 26.6 Å². The van der Waals surface area contributed by atoms with Gasteiger partial charge < -0.3 is 15.2 Å². The Labute approximate surface area is 145 Å². The molecule has 6 nitrogen and oxygen atoms in total. The van der Waals surface area contributed by atoms with Crippen LogP contribution in [0.1, 0.15) is 45.8 Å². The lowest BCUT2D eigenvalue weighted by atomic mass is 9.99. The fraction of sp³-hybridized carbons (Fsp3) is 0.389. The van der Waals surface area contributed by atoms with E-state index in [2.05, 4.69) is 15.8 Å². The molecule has 1 aromatic heterocycles. The van der Waals surface area contributed by atoms with Crippen LogP contribution < -0.4 is 10.6 Å². The molecule has 0 radical (unpaired) electrons. The molecule has 1 atom stereocenters. The molecule has 0 aliphatic rings. The summed E-state index contributed by atoms with van der Waals surface area (Å²) >= 11 is 0. The van der Waals surface area contributed by atoms with Crippen LogP contribution in [-0.4, -0.2) is 30.1 Å². The normalized spacial score (nSPS) is 11.9. The molecule has 1 heterocycles. The highest BCUT2D eigenvalue weighted by molar-refractivity contribution is 5.94. The molecular weight excluding hydrogens is 325 g/mol. The molecule has 0 saturated carbocycles. The van der Waals surface area contributed by atoms with E-state index in [0.717, 1.165) is 5.56 Å². The Hall–Kier alpha value is -2.70. The van der Waals surface area contributed by atoms with Crippen molar-refractivity contribution in [1.82, 2.24) is 15.8 Å². The minimum atomic E-state index is -0.422. The van der Waals surface area contributed by atoms with E-state index in [1.807, 2.05) is 0 Å². The minimum absolute atomic E-state index is 0.176. The van der Waals surface area contributed by atoms with Crippen molar-refractivity contribution in [2.24, 2.45) is 0 Å². The maximum Gasteiger partial charge on any atom is 0.251 e. The average molecular weight is 347 g/mol. The van der Waals surface area contributed by atoms with Gasteiger partial charge in [0.05, 0.1) is 11.6 Å². The number of aryl methyl sites for hydroxylation is 3. The Morgan fingerprint density at radius 1 is 1.20 bits per heavy atom.